The average molecular weight is 308 g/mol. The molecule has 2 N–H and O–H groups in total. The van der Waals surface area contributed by atoms with Gasteiger partial charge in [-0.05, 0) is 5.56 Å². The Labute approximate surface area is 116 Å². The number of carboxylic acid groups (broad SMARTS) is 2. The molecule has 6 nitrogen and oxygen atoms in total. The smallest absolute Gasteiger partial charge is 0.481 e. The molecule has 9 heteroatoms. The highest BCUT2D eigenvalue weighted by molar-refractivity contribution is 5.90. The molecule has 1 rings (SSSR count). The van der Waals surface area contributed by atoms with Gasteiger partial charge in [-0.3, -0.25) is 9.59 Å². The number of aliphatic carboxylic acids is 2. The van der Waals surface area contributed by atoms with Gasteiger partial charge in [-0.1, -0.05) is 30.3 Å². The van der Waals surface area contributed by atoms with E-state index in [1.165, 1.54) is 0 Å². The van der Waals surface area contributed by atoms with Crippen LogP contribution in [-0.4, -0.2) is 34.3 Å². The van der Waals surface area contributed by atoms with E-state index in [4.69, 9.17) is 19.7 Å². The number of hydrogen-bond donors (Lipinski definition) is 2. The number of alkyl halides is 3. The van der Waals surface area contributed by atoms with Gasteiger partial charge in [0.05, 0.1) is 0 Å². The van der Waals surface area contributed by atoms with Crippen LogP contribution in [-0.2, 0) is 25.7 Å². The van der Waals surface area contributed by atoms with Crippen LogP contribution < -0.4 is 0 Å². The molecule has 0 aliphatic rings. The molecule has 0 bridgehead atoms. The standard InChI is InChI=1S/C10H10O4.C2HF3O2/c11-9(12)6-10(13)14-7-8-4-2-1-3-5-8;3-2(4,5)1(6)7/h1-5H,6-7H2,(H,11,12);(H,6,7). The fourth-order valence-electron chi connectivity index (χ4n) is 0.913. The number of esters is 1. The van der Waals surface area contributed by atoms with Gasteiger partial charge in [0.1, 0.15) is 13.0 Å². The van der Waals surface area contributed by atoms with Crippen LogP contribution in [0.2, 0.25) is 0 Å². The van der Waals surface area contributed by atoms with Crippen LogP contribution in [0.4, 0.5) is 13.2 Å². The molecule has 0 unspecified atom stereocenters. The minimum atomic E-state index is -5.08. The third-order valence-corrected chi connectivity index (χ3v) is 1.78. The van der Waals surface area contributed by atoms with Crippen molar-refractivity contribution in [2.45, 2.75) is 19.2 Å². The number of carbonyl (C=O) groups excluding carboxylic acids is 1. The molecule has 0 radical (unpaired) electrons. The Balaban J connectivity index is 0.000000486. The topological polar surface area (TPSA) is 101 Å². The summed E-state index contributed by atoms with van der Waals surface area (Å²) in [5.74, 6) is -4.66. The Morgan fingerprint density at radius 2 is 1.52 bits per heavy atom. The van der Waals surface area contributed by atoms with Crippen LogP contribution in [0.1, 0.15) is 12.0 Å². The van der Waals surface area contributed by atoms with Crippen molar-refractivity contribution in [3.8, 4) is 0 Å². The number of benzene rings is 1. The summed E-state index contributed by atoms with van der Waals surface area (Å²) in [5, 5.41) is 15.4. The lowest BCUT2D eigenvalue weighted by atomic mass is 10.2. The van der Waals surface area contributed by atoms with Crippen LogP contribution >= 0.6 is 0 Å². The number of halogens is 3. The number of carboxylic acids is 2. The summed E-state index contributed by atoms with van der Waals surface area (Å²) in [7, 11) is 0. The zero-order chi connectivity index (χ0) is 16.5. The Kier molecular flexibility index (Phi) is 7.51. The molecule has 0 saturated carbocycles. The number of ether oxygens (including phenoxy) is 1. The quantitative estimate of drug-likeness (QED) is 0.650. The second-order valence-electron chi connectivity index (χ2n) is 3.52. The van der Waals surface area contributed by atoms with Crippen LogP contribution in [0.15, 0.2) is 30.3 Å². The lowest BCUT2D eigenvalue weighted by molar-refractivity contribution is -0.192. The van der Waals surface area contributed by atoms with Gasteiger partial charge in [0.2, 0.25) is 0 Å². The van der Waals surface area contributed by atoms with Crippen molar-refractivity contribution in [3.05, 3.63) is 35.9 Å². The maximum absolute atomic E-state index is 10.8. The Morgan fingerprint density at radius 3 is 1.90 bits per heavy atom. The Bertz CT molecular complexity index is 484. The van der Waals surface area contributed by atoms with E-state index in [0.717, 1.165) is 5.56 Å². The molecule has 0 amide bonds. The lowest BCUT2D eigenvalue weighted by Gasteiger charge is -2.02. The molecule has 116 valence electrons. The van der Waals surface area contributed by atoms with Crippen molar-refractivity contribution in [2.24, 2.45) is 0 Å². The lowest BCUT2D eigenvalue weighted by Crippen LogP contribution is -2.21. The summed E-state index contributed by atoms with van der Waals surface area (Å²) >= 11 is 0. The van der Waals surface area contributed by atoms with E-state index in [2.05, 4.69) is 0 Å². The Morgan fingerprint density at radius 1 is 1.05 bits per heavy atom. The van der Waals surface area contributed by atoms with E-state index in [0.29, 0.717) is 0 Å². The molecule has 0 fully saturated rings. The molecular formula is C12H11F3O6. The molecule has 0 aromatic heterocycles. The first-order valence-corrected chi connectivity index (χ1v) is 5.34. The van der Waals surface area contributed by atoms with E-state index in [-0.39, 0.29) is 6.61 Å². The number of rotatable bonds is 4. The minimum absolute atomic E-state index is 0.118. The van der Waals surface area contributed by atoms with Crippen molar-refractivity contribution < 1.29 is 42.5 Å². The second kappa shape index (κ2) is 8.56. The molecule has 0 aliphatic carbocycles. The third-order valence-electron chi connectivity index (χ3n) is 1.78. The first-order valence-electron chi connectivity index (χ1n) is 5.34. The maximum Gasteiger partial charge on any atom is 0.490 e. The van der Waals surface area contributed by atoms with Crippen LogP contribution in [0.5, 0.6) is 0 Å². The van der Waals surface area contributed by atoms with Gasteiger partial charge in [-0.25, -0.2) is 4.79 Å². The van der Waals surface area contributed by atoms with Gasteiger partial charge in [-0.2, -0.15) is 13.2 Å². The zero-order valence-electron chi connectivity index (χ0n) is 10.5. The number of hydrogen-bond acceptors (Lipinski definition) is 4. The van der Waals surface area contributed by atoms with Gasteiger partial charge in [-0.15, -0.1) is 0 Å². The van der Waals surface area contributed by atoms with Gasteiger partial charge in [0, 0.05) is 0 Å². The van der Waals surface area contributed by atoms with E-state index >= 15 is 0 Å². The second-order valence-corrected chi connectivity index (χ2v) is 3.52. The van der Waals surface area contributed by atoms with Gasteiger partial charge < -0.3 is 14.9 Å². The maximum atomic E-state index is 10.8. The summed E-state index contributed by atoms with van der Waals surface area (Å²) in [6, 6.07) is 9.09. The van der Waals surface area contributed by atoms with Crippen molar-refractivity contribution in [1.82, 2.24) is 0 Å². The monoisotopic (exact) mass is 308 g/mol. The molecule has 1 aromatic carbocycles. The highest BCUT2D eigenvalue weighted by Gasteiger charge is 2.38. The van der Waals surface area contributed by atoms with E-state index in [9.17, 15) is 22.8 Å². The van der Waals surface area contributed by atoms with Crippen LogP contribution in [0, 0.1) is 0 Å². The van der Waals surface area contributed by atoms with Crippen LogP contribution in [0.25, 0.3) is 0 Å². The molecule has 21 heavy (non-hydrogen) atoms. The van der Waals surface area contributed by atoms with Crippen molar-refractivity contribution in [1.29, 1.82) is 0 Å². The highest BCUT2D eigenvalue weighted by Crippen LogP contribution is 2.13. The fraction of sp³-hybridized carbons (Fsp3) is 0.250. The SMILES string of the molecule is O=C(O)C(F)(F)F.O=C(O)CC(=O)OCc1ccccc1. The first-order chi connectivity index (χ1) is 9.62. The summed E-state index contributed by atoms with van der Waals surface area (Å²) < 4.78 is 36.5. The Hall–Kier alpha value is -2.58. The first kappa shape index (κ1) is 18.4. The minimum Gasteiger partial charge on any atom is -0.481 e. The zero-order valence-corrected chi connectivity index (χ0v) is 10.5. The highest BCUT2D eigenvalue weighted by atomic mass is 19.4. The van der Waals surface area contributed by atoms with Gasteiger partial charge in [0.25, 0.3) is 0 Å². The van der Waals surface area contributed by atoms with Crippen LogP contribution in [0.3, 0.4) is 0 Å². The van der Waals surface area contributed by atoms with Crippen molar-refractivity contribution in [3.63, 3.8) is 0 Å². The third kappa shape index (κ3) is 9.93. The molecule has 0 heterocycles. The van der Waals surface area contributed by atoms with Gasteiger partial charge >= 0.3 is 24.1 Å². The fourth-order valence-corrected chi connectivity index (χ4v) is 0.913. The summed E-state index contributed by atoms with van der Waals surface area (Å²) in [4.78, 5) is 29.8. The molecule has 1 aromatic rings. The predicted octanol–water partition coefficient (Wildman–Crippen LogP) is 1.84. The van der Waals surface area contributed by atoms with E-state index in [1.54, 1.807) is 12.1 Å². The molecular weight excluding hydrogens is 297 g/mol. The van der Waals surface area contributed by atoms with Gasteiger partial charge in [0.15, 0.2) is 0 Å². The molecule has 0 spiro atoms. The largest absolute Gasteiger partial charge is 0.490 e. The van der Waals surface area contributed by atoms with Crippen molar-refractivity contribution in [2.75, 3.05) is 0 Å². The van der Waals surface area contributed by atoms with E-state index in [1.807, 2.05) is 18.2 Å². The summed E-state index contributed by atoms with van der Waals surface area (Å²) in [5.41, 5.74) is 0.839. The predicted molar refractivity (Wildman–Crippen MR) is 62.2 cm³/mol. The molecule has 0 atom stereocenters. The average Bonchev–Trinajstić information content (AvgIpc) is 2.36. The number of carbonyl (C=O) groups is 3. The molecule has 0 aliphatic heterocycles. The normalized spacial score (nSPS) is 10.0. The summed E-state index contributed by atoms with van der Waals surface area (Å²) in [6.45, 7) is 0.118. The van der Waals surface area contributed by atoms with E-state index < -0.39 is 30.5 Å². The van der Waals surface area contributed by atoms with Crippen molar-refractivity contribution >= 4 is 17.9 Å². The molecule has 0 saturated heterocycles. The summed E-state index contributed by atoms with van der Waals surface area (Å²) in [6.07, 6.45) is -5.67.